The summed E-state index contributed by atoms with van der Waals surface area (Å²) in [5.41, 5.74) is 0. The zero-order chi connectivity index (χ0) is 12.0. The molecular weight excluding hydrogens is 228 g/mol. The van der Waals surface area contributed by atoms with Crippen molar-refractivity contribution < 1.29 is 14.7 Å². The van der Waals surface area contributed by atoms with Crippen LogP contribution in [0.15, 0.2) is 0 Å². The first kappa shape index (κ1) is 13.2. The fraction of sp³-hybridized carbons (Fsp3) is 0.800. The van der Waals surface area contributed by atoms with Crippen LogP contribution in [-0.4, -0.2) is 34.9 Å². The lowest BCUT2D eigenvalue weighted by atomic mass is 9.96. The molecule has 16 heavy (non-hydrogen) atoms. The number of carboxylic acid groups (broad SMARTS) is 1. The number of rotatable bonds is 4. The Labute approximate surface area is 100 Å². The van der Waals surface area contributed by atoms with E-state index in [4.69, 9.17) is 5.11 Å². The van der Waals surface area contributed by atoms with Gasteiger partial charge in [0.15, 0.2) is 0 Å². The van der Waals surface area contributed by atoms with Gasteiger partial charge >= 0.3 is 12.0 Å². The first-order valence-electron chi connectivity index (χ1n) is 5.54. The van der Waals surface area contributed by atoms with Crippen LogP contribution in [0.5, 0.6) is 0 Å². The third-order valence-electron chi connectivity index (χ3n) is 2.73. The molecule has 0 radical (unpaired) electrons. The number of thiol groups is 1. The summed E-state index contributed by atoms with van der Waals surface area (Å²) in [5, 5.41) is 13.9. The Morgan fingerprint density at radius 2 is 1.94 bits per heavy atom. The highest BCUT2D eigenvalue weighted by molar-refractivity contribution is 7.80. The van der Waals surface area contributed by atoms with Crippen molar-refractivity contribution in [3.63, 3.8) is 0 Å². The summed E-state index contributed by atoms with van der Waals surface area (Å²) in [4.78, 5) is 22.1. The number of carboxylic acids is 1. The lowest BCUT2D eigenvalue weighted by Gasteiger charge is -2.23. The minimum Gasteiger partial charge on any atom is -0.480 e. The number of carbonyl (C=O) groups excluding carboxylic acids is 1. The molecule has 0 aromatic rings. The quantitative estimate of drug-likeness (QED) is 0.559. The summed E-state index contributed by atoms with van der Waals surface area (Å²) < 4.78 is 0. The monoisotopic (exact) mass is 246 g/mol. The fourth-order valence-electron chi connectivity index (χ4n) is 1.82. The van der Waals surface area contributed by atoms with Crippen LogP contribution in [0.2, 0.25) is 0 Å². The average molecular weight is 246 g/mol. The van der Waals surface area contributed by atoms with Crippen molar-refractivity contribution in [2.24, 2.45) is 0 Å². The van der Waals surface area contributed by atoms with Gasteiger partial charge in [0.05, 0.1) is 0 Å². The number of hydrogen-bond acceptors (Lipinski definition) is 3. The molecule has 1 rings (SSSR count). The lowest BCUT2D eigenvalue weighted by molar-refractivity contribution is -0.138. The molecule has 0 spiro atoms. The maximum absolute atomic E-state index is 11.5. The fourth-order valence-corrected chi connectivity index (χ4v) is 2.07. The normalized spacial score (nSPS) is 18.8. The van der Waals surface area contributed by atoms with E-state index in [0.717, 1.165) is 25.7 Å². The molecule has 5 nitrogen and oxygen atoms in total. The van der Waals surface area contributed by atoms with E-state index in [2.05, 4.69) is 23.3 Å². The van der Waals surface area contributed by atoms with Crippen molar-refractivity contribution in [2.75, 3.05) is 5.75 Å². The van der Waals surface area contributed by atoms with Crippen LogP contribution < -0.4 is 10.6 Å². The van der Waals surface area contributed by atoms with E-state index in [0.29, 0.717) is 0 Å². The van der Waals surface area contributed by atoms with Gasteiger partial charge in [-0.25, -0.2) is 9.59 Å². The molecule has 92 valence electrons. The zero-order valence-electron chi connectivity index (χ0n) is 9.11. The Hall–Kier alpha value is -0.910. The van der Waals surface area contributed by atoms with Crippen molar-refractivity contribution in [3.05, 3.63) is 0 Å². The number of nitrogens with one attached hydrogen (secondary N) is 2. The van der Waals surface area contributed by atoms with Gasteiger partial charge in [-0.2, -0.15) is 12.6 Å². The first-order valence-corrected chi connectivity index (χ1v) is 6.17. The van der Waals surface area contributed by atoms with Gasteiger partial charge < -0.3 is 15.7 Å². The third kappa shape index (κ3) is 4.30. The summed E-state index contributed by atoms with van der Waals surface area (Å²) in [5.74, 6) is -0.971. The molecule has 0 aromatic carbocycles. The van der Waals surface area contributed by atoms with Gasteiger partial charge in [-0.3, -0.25) is 0 Å². The van der Waals surface area contributed by atoms with E-state index >= 15 is 0 Å². The second-order valence-electron chi connectivity index (χ2n) is 4.03. The SMILES string of the molecule is O=C(NC1CCCCC1)NC(CS)C(=O)O. The minimum absolute atomic E-state index is 0.0907. The van der Waals surface area contributed by atoms with Crippen LogP contribution >= 0.6 is 12.6 Å². The van der Waals surface area contributed by atoms with Gasteiger partial charge in [0.25, 0.3) is 0 Å². The second kappa shape index (κ2) is 6.62. The van der Waals surface area contributed by atoms with E-state index in [9.17, 15) is 9.59 Å². The predicted molar refractivity (Wildman–Crippen MR) is 63.8 cm³/mol. The van der Waals surface area contributed by atoms with E-state index in [1.165, 1.54) is 6.42 Å². The van der Waals surface area contributed by atoms with E-state index in [1.807, 2.05) is 0 Å². The van der Waals surface area contributed by atoms with Crippen molar-refractivity contribution in [1.82, 2.24) is 10.6 Å². The molecule has 0 aliphatic heterocycles. The van der Waals surface area contributed by atoms with Gasteiger partial charge in [0, 0.05) is 11.8 Å². The van der Waals surface area contributed by atoms with E-state index < -0.39 is 18.0 Å². The summed E-state index contributed by atoms with van der Waals surface area (Å²) in [6.07, 6.45) is 5.42. The second-order valence-corrected chi connectivity index (χ2v) is 4.39. The highest BCUT2D eigenvalue weighted by Crippen LogP contribution is 2.17. The van der Waals surface area contributed by atoms with Gasteiger partial charge in [-0.1, -0.05) is 19.3 Å². The summed E-state index contributed by atoms with van der Waals surface area (Å²) in [6, 6.07) is -1.15. The van der Waals surface area contributed by atoms with Crippen LogP contribution in [0.3, 0.4) is 0 Å². The maximum Gasteiger partial charge on any atom is 0.327 e. The zero-order valence-corrected chi connectivity index (χ0v) is 10.0. The van der Waals surface area contributed by atoms with Crippen LogP contribution in [0.25, 0.3) is 0 Å². The average Bonchev–Trinajstić information content (AvgIpc) is 2.27. The van der Waals surface area contributed by atoms with Crippen molar-refractivity contribution >= 4 is 24.6 Å². The van der Waals surface area contributed by atoms with Gasteiger partial charge in [0.1, 0.15) is 6.04 Å². The minimum atomic E-state index is -1.06. The van der Waals surface area contributed by atoms with Gasteiger partial charge in [0.2, 0.25) is 0 Å². The highest BCUT2D eigenvalue weighted by atomic mass is 32.1. The summed E-state index contributed by atoms with van der Waals surface area (Å²) in [6.45, 7) is 0. The van der Waals surface area contributed by atoms with Crippen molar-refractivity contribution in [2.45, 2.75) is 44.2 Å². The molecule has 0 aromatic heterocycles. The number of hydrogen-bond donors (Lipinski definition) is 4. The first-order chi connectivity index (χ1) is 7.63. The largest absolute Gasteiger partial charge is 0.480 e. The molecule has 0 heterocycles. The van der Waals surface area contributed by atoms with Crippen molar-refractivity contribution in [1.29, 1.82) is 0 Å². The number of amides is 2. The van der Waals surface area contributed by atoms with E-state index in [-0.39, 0.29) is 11.8 Å². The molecule has 0 saturated heterocycles. The molecule has 1 atom stereocenters. The van der Waals surface area contributed by atoms with Crippen LogP contribution in [0.4, 0.5) is 4.79 Å². The molecule has 2 amide bonds. The van der Waals surface area contributed by atoms with Gasteiger partial charge in [-0.15, -0.1) is 0 Å². The molecule has 1 aliphatic carbocycles. The summed E-state index contributed by atoms with van der Waals surface area (Å²) >= 11 is 3.87. The number of urea groups is 1. The molecule has 1 aliphatic rings. The Morgan fingerprint density at radius 3 is 2.44 bits per heavy atom. The van der Waals surface area contributed by atoms with E-state index in [1.54, 1.807) is 0 Å². The number of carbonyl (C=O) groups is 2. The van der Waals surface area contributed by atoms with Gasteiger partial charge in [-0.05, 0) is 12.8 Å². The van der Waals surface area contributed by atoms with Crippen LogP contribution in [-0.2, 0) is 4.79 Å². The molecular formula is C10H18N2O3S. The molecule has 3 N–H and O–H groups in total. The molecule has 1 unspecified atom stereocenters. The molecule has 6 heteroatoms. The predicted octanol–water partition coefficient (Wildman–Crippen LogP) is 1.00. The Kier molecular flexibility index (Phi) is 5.45. The standard InChI is InChI=1S/C10H18N2O3S/c13-9(14)8(6-16)12-10(15)11-7-4-2-1-3-5-7/h7-8,16H,1-6H2,(H,13,14)(H2,11,12,15). The smallest absolute Gasteiger partial charge is 0.327 e. The Balaban J connectivity index is 2.31. The Bertz CT molecular complexity index is 254. The third-order valence-corrected chi connectivity index (χ3v) is 3.09. The van der Waals surface area contributed by atoms with Crippen molar-refractivity contribution in [3.8, 4) is 0 Å². The summed E-state index contributed by atoms with van der Waals surface area (Å²) in [7, 11) is 0. The van der Waals surface area contributed by atoms with Crippen LogP contribution in [0, 0.1) is 0 Å². The number of aliphatic carboxylic acids is 1. The topological polar surface area (TPSA) is 78.4 Å². The maximum atomic E-state index is 11.5. The lowest BCUT2D eigenvalue weighted by Crippen LogP contribution is -2.50. The highest BCUT2D eigenvalue weighted by Gasteiger charge is 2.20. The molecule has 1 fully saturated rings. The molecule has 1 saturated carbocycles. The molecule has 0 bridgehead atoms. The van der Waals surface area contributed by atoms with Crippen LogP contribution in [0.1, 0.15) is 32.1 Å². The Morgan fingerprint density at radius 1 is 1.31 bits per heavy atom.